The van der Waals surface area contributed by atoms with Crippen molar-refractivity contribution in [2.75, 3.05) is 39.2 Å². The summed E-state index contributed by atoms with van der Waals surface area (Å²) < 4.78 is 35.9. The highest BCUT2D eigenvalue weighted by Crippen LogP contribution is 2.20. The molecule has 0 radical (unpaired) electrons. The first-order chi connectivity index (χ1) is 15.0. The molecule has 2 aromatic rings. The number of aliphatic imine (C=N–C) groups is 1. The molecule has 0 aliphatic heterocycles. The fourth-order valence-corrected chi connectivity index (χ4v) is 4.24. The molecule has 170 valence electrons. The van der Waals surface area contributed by atoms with E-state index in [1.807, 2.05) is 32.0 Å². The Labute approximate surface area is 185 Å². The lowest BCUT2D eigenvalue weighted by Crippen LogP contribution is -2.37. The van der Waals surface area contributed by atoms with Crippen LogP contribution in [-0.2, 0) is 21.1 Å². The number of hydrogen-bond acceptors (Lipinski definition) is 5. The largest absolute Gasteiger partial charge is 0.491 e. The molecule has 0 aromatic heterocycles. The van der Waals surface area contributed by atoms with Gasteiger partial charge in [-0.15, -0.1) is 0 Å². The van der Waals surface area contributed by atoms with Crippen molar-refractivity contribution >= 4 is 15.8 Å². The zero-order valence-electron chi connectivity index (χ0n) is 18.6. The highest BCUT2D eigenvalue weighted by molar-refractivity contribution is 7.91. The van der Waals surface area contributed by atoms with Gasteiger partial charge in [0.2, 0.25) is 0 Å². The molecular formula is C23H33N3O4S. The molecule has 0 bridgehead atoms. The second-order valence-corrected chi connectivity index (χ2v) is 9.10. The van der Waals surface area contributed by atoms with Gasteiger partial charge < -0.3 is 20.1 Å². The van der Waals surface area contributed by atoms with Crippen molar-refractivity contribution in [3.8, 4) is 5.75 Å². The Bertz CT molecular complexity index is 931. The Morgan fingerprint density at radius 3 is 2.55 bits per heavy atom. The minimum Gasteiger partial charge on any atom is -0.491 e. The van der Waals surface area contributed by atoms with Gasteiger partial charge in [0, 0.05) is 32.3 Å². The summed E-state index contributed by atoms with van der Waals surface area (Å²) >= 11 is 0. The first-order valence-corrected chi connectivity index (χ1v) is 12.1. The maximum atomic E-state index is 12.4. The molecule has 31 heavy (non-hydrogen) atoms. The van der Waals surface area contributed by atoms with Crippen LogP contribution in [0.1, 0.15) is 24.5 Å². The number of rotatable bonds is 12. The minimum absolute atomic E-state index is 0.0801. The molecule has 0 aliphatic rings. The van der Waals surface area contributed by atoms with Crippen LogP contribution in [0.4, 0.5) is 0 Å². The Kier molecular flexibility index (Phi) is 10.3. The molecular weight excluding hydrogens is 414 g/mol. The summed E-state index contributed by atoms with van der Waals surface area (Å²) in [6.07, 6.45) is 0.480. The molecule has 7 nitrogen and oxygen atoms in total. The van der Waals surface area contributed by atoms with Gasteiger partial charge in [0.15, 0.2) is 15.8 Å². The number of nitrogens with zero attached hydrogens (tertiary/aromatic N) is 1. The Balaban J connectivity index is 1.82. The number of nitrogens with one attached hydrogen (secondary N) is 2. The average molecular weight is 448 g/mol. The molecule has 2 N–H and O–H groups in total. The van der Waals surface area contributed by atoms with E-state index in [4.69, 9.17) is 9.47 Å². The number of benzene rings is 2. The minimum atomic E-state index is -3.27. The molecule has 0 heterocycles. The SMILES string of the molecule is CCOCCOc1cc(C)ccc1CNC(=NC)NCCCS(=O)(=O)c1ccccc1. The van der Waals surface area contributed by atoms with E-state index < -0.39 is 9.84 Å². The molecule has 2 aromatic carbocycles. The molecule has 0 fully saturated rings. The van der Waals surface area contributed by atoms with E-state index in [0.717, 1.165) is 16.9 Å². The molecule has 2 rings (SSSR count). The van der Waals surface area contributed by atoms with Crippen LogP contribution >= 0.6 is 0 Å². The van der Waals surface area contributed by atoms with Crippen LogP contribution in [0.2, 0.25) is 0 Å². The van der Waals surface area contributed by atoms with Crippen LogP contribution in [-0.4, -0.2) is 53.5 Å². The van der Waals surface area contributed by atoms with E-state index in [9.17, 15) is 8.42 Å². The molecule has 0 saturated carbocycles. The van der Waals surface area contributed by atoms with Crippen molar-refractivity contribution in [1.29, 1.82) is 0 Å². The van der Waals surface area contributed by atoms with Crippen LogP contribution in [0, 0.1) is 6.92 Å². The summed E-state index contributed by atoms with van der Waals surface area (Å²) in [4.78, 5) is 4.57. The normalized spacial score (nSPS) is 11.9. The lowest BCUT2D eigenvalue weighted by Gasteiger charge is -2.15. The van der Waals surface area contributed by atoms with Gasteiger partial charge in [0.1, 0.15) is 12.4 Å². The zero-order chi connectivity index (χ0) is 22.5. The van der Waals surface area contributed by atoms with Gasteiger partial charge in [-0.25, -0.2) is 8.42 Å². The van der Waals surface area contributed by atoms with E-state index in [1.165, 1.54) is 0 Å². The predicted octanol–water partition coefficient (Wildman–Crippen LogP) is 2.94. The van der Waals surface area contributed by atoms with Gasteiger partial charge in [-0.05, 0) is 44.0 Å². The number of sulfone groups is 1. The molecule has 8 heteroatoms. The maximum Gasteiger partial charge on any atom is 0.191 e. The first-order valence-electron chi connectivity index (χ1n) is 10.5. The number of ether oxygens (including phenoxy) is 2. The van der Waals surface area contributed by atoms with Crippen molar-refractivity contribution in [1.82, 2.24) is 10.6 Å². The van der Waals surface area contributed by atoms with E-state index in [1.54, 1.807) is 37.4 Å². The summed E-state index contributed by atoms with van der Waals surface area (Å²) in [7, 11) is -1.58. The third-order valence-corrected chi connectivity index (χ3v) is 6.38. The number of aryl methyl sites for hydroxylation is 1. The number of guanidine groups is 1. The maximum absolute atomic E-state index is 12.4. The molecule has 0 atom stereocenters. The highest BCUT2D eigenvalue weighted by Gasteiger charge is 2.13. The summed E-state index contributed by atoms with van der Waals surface area (Å²) in [5.41, 5.74) is 2.13. The predicted molar refractivity (Wildman–Crippen MR) is 124 cm³/mol. The zero-order valence-corrected chi connectivity index (χ0v) is 19.4. The van der Waals surface area contributed by atoms with E-state index in [-0.39, 0.29) is 5.75 Å². The second-order valence-electron chi connectivity index (χ2n) is 6.99. The smallest absolute Gasteiger partial charge is 0.191 e. The van der Waals surface area contributed by atoms with Crippen molar-refractivity contribution in [3.63, 3.8) is 0 Å². The third kappa shape index (κ3) is 8.59. The summed E-state index contributed by atoms with van der Waals surface area (Å²) in [5, 5.41) is 6.42. The molecule has 0 saturated heterocycles. The highest BCUT2D eigenvalue weighted by atomic mass is 32.2. The molecule has 0 unspecified atom stereocenters. The monoisotopic (exact) mass is 447 g/mol. The average Bonchev–Trinajstić information content (AvgIpc) is 2.78. The Hall–Kier alpha value is -2.58. The summed E-state index contributed by atoms with van der Waals surface area (Å²) in [5.74, 6) is 1.51. The fourth-order valence-electron chi connectivity index (χ4n) is 2.91. The third-order valence-electron chi connectivity index (χ3n) is 4.57. The molecule has 0 amide bonds. The van der Waals surface area contributed by atoms with Gasteiger partial charge in [-0.1, -0.05) is 30.3 Å². The van der Waals surface area contributed by atoms with Crippen LogP contribution in [0.15, 0.2) is 58.4 Å². The van der Waals surface area contributed by atoms with Crippen molar-refractivity contribution in [2.24, 2.45) is 4.99 Å². The number of hydrogen-bond donors (Lipinski definition) is 2. The van der Waals surface area contributed by atoms with Gasteiger partial charge in [-0.3, -0.25) is 4.99 Å². The molecule has 0 spiro atoms. The van der Waals surface area contributed by atoms with Crippen LogP contribution in [0.3, 0.4) is 0 Å². The van der Waals surface area contributed by atoms with Gasteiger partial charge in [0.05, 0.1) is 17.3 Å². The lowest BCUT2D eigenvalue weighted by molar-refractivity contribution is 0.110. The van der Waals surface area contributed by atoms with Crippen LogP contribution < -0.4 is 15.4 Å². The first kappa shape index (κ1) is 24.7. The van der Waals surface area contributed by atoms with Crippen LogP contribution in [0.5, 0.6) is 5.75 Å². The van der Waals surface area contributed by atoms with E-state index in [0.29, 0.717) is 50.2 Å². The second kappa shape index (κ2) is 13.0. The Morgan fingerprint density at radius 2 is 1.84 bits per heavy atom. The van der Waals surface area contributed by atoms with E-state index >= 15 is 0 Å². The Morgan fingerprint density at radius 1 is 1.06 bits per heavy atom. The van der Waals surface area contributed by atoms with Gasteiger partial charge in [-0.2, -0.15) is 0 Å². The fraction of sp³-hybridized carbons (Fsp3) is 0.435. The van der Waals surface area contributed by atoms with Crippen molar-refractivity contribution < 1.29 is 17.9 Å². The molecule has 0 aliphatic carbocycles. The van der Waals surface area contributed by atoms with E-state index in [2.05, 4.69) is 15.6 Å². The topological polar surface area (TPSA) is 89.0 Å². The summed E-state index contributed by atoms with van der Waals surface area (Å²) in [6.45, 7) is 6.72. The van der Waals surface area contributed by atoms with Crippen LogP contribution in [0.25, 0.3) is 0 Å². The van der Waals surface area contributed by atoms with Gasteiger partial charge >= 0.3 is 0 Å². The lowest BCUT2D eigenvalue weighted by atomic mass is 10.1. The standard InChI is InChI=1S/C23H33N3O4S/c1-4-29-14-15-30-22-17-19(2)11-12-20(22)18-26-23(24-3)25-13-8-16-31(27,28)21-9-6-5-7-10-21/h5-7,9-12,17H,4,8,13-16,18H2,1-3H3,(H2,24,25,26). The van der Waals surface area contributed by atoms with Gasteiger partial charge in [0.25, 0.3) is 0 Å². The summed E-state index contributed by atoms with van der Waals surface area (Å²) in [6, 6.07) is 14.6. The van der Waals surface area contributed by atoms with Crippen molar-refractivity contribution in [3.05, 3.63) is 59.7 Å². The van der Waals surface area contributed by atoms with Crippen molar-refractivity contribution in [2.45, 2.75) is 31.7 Å². The quantitative estimate of drug-likeness (QED) is 0.295.